The summed E-state index contributed by atoms with van der Waals surface area (Å²) in [6.45, 7) is 3.26. The molecule has 0 aromatic carbocycles. The summed E-state index contributed by atoms with van der Waals surface area (Å²) in [4.78, 5) is 26.4. The minimum atomic E-state index is -0.0636. The summed E-state index contributed by atoms with van der Waals surface area (Å²) in [6, 6.07) is 0.131. The van der Waals surface area contributed by atoms with Crippen molar-refractivity contribution in [3.05, 3.63) is 0 Å². The highest BCUT2D eigenvalue weighted by molar-refractivity contribution is 5.92. The molecule has 1 unspecified atom stereocenters. The van der Waals surface area contributed by atoms with Crippen LogP contribution >= 0.6 is 0 Å². The molecule has 0 aliphatic carbocycles. The summed E-state index contributed by atoms with van der Waals surface area (Å²) in [7, 11) is 3.99. The van der Waals surface area contributed by atoms with Gasteiger partial charge in [-0.25, -0.2) is 0 Å². The van der Waals surface area contributed by atoms with E-state index in [1.165, 1.54) is 0 Å². The largest absolute Gasteiger partial charge is 0.345 e. The summed E-state index contributed by atoms with van der Waals surface area (Å²) in [5.41, 5.74) is 0. The molecular formula is C10H19N3O2. The highest BCUT2D eigenvalue weighted by atomic mass is 16.2. The first-order valence-corrected chi connectivity index (χ1v) is 5.21. The maximum atomic E-state index is 11.5. The number of rotatable bonds is 4. The third kappa shape index (κ3) is 3.51. The molecule has 0 aromatic heterocycles. The molecule has 0 bridgehead atoms. The number of carbonyl (C=O) groups excluding carboxylic acids is 2. The van der Waals surface area contributed by atoms with Crippen LogP contribution in [0.15, 0.2) is 0 Å². The number of amides is 2. The zero-order chi connectivity index (χ0) is 11.4. The topological polar surface area (TPSA) is 52.6 Å². The number of hydrogen-bond donors (Lipinski definition) is 1. The molecule has 0 radical (unpaired) electrons. The first-order chi connectivity index (χ1) is 7.00. The van der Waals surface area contributed by atoms with E-state index in [4.69, 9.17) is 0 Å². The highest BCUT2D eigenvalue weighted by Crippen LogP contribution is 2.07. The maximum absolute atomic E-state index is 11.5. The lowest BCUT2D eigenvalue weighted by Crippen LogP contribution is -2.54. The van der Waals surface area contributed by atoms with Crippen LogP contribution in [0.25, 0.3) is 0 Å². The summed E-state index contributed by atoms with van der Waals surface area (Å²) < 4.78 is 0. The van der Waals surface area contributed by atoms with Crippen LogP contribution in [0.2, 0.25) is 0 Å². The van der Waals surface area contributed by atoms with Gasteiger partial charge in [0.1, 0.15) is 0 Å². The Morgan fingerprint density at radius 1 is 1.47 bits per heavy atom. The molecule has 1 aliphatic rings. The third-order valence-corrected chi connectivity index (χ3v) is 2.60. The molecule has 0 saturated carbocycles. The van der Waals surface area contributed by atoms with Crippen molar-refractivity contribution in [2.45, 2.75) is 19.4 Å². The van der Waals surface area contributed by atoms with Gasteiger partial charge >= 0.3 is 0 Å². The van der Waals surface area contributed by atoms with E-state index in [1.807, 2.05) is 21.0 Å². The van der Waals surface area contributed by atoms with E-state index in [0.29, 0.717) is 0 Å². The molecule has 1 saturated heterocycles. The predicted octanol–water partition coefficient (Wildman–Crippen LogP) is -0.715. The van der Waals surface area contributed by atoms with Gasteiger partial charge in [-0.05, 0) is 34.0 Å². The van der Waals surface area contributed by atoms with Crippen LogP contribution in [0, 0.1) is 0 Å². The molecule has 15 heavy (non-hydrogen) atoms. The van der Waals surface area contributed by atoms with E-state index in [9.17, 15) is 9.59 Å². The lowest BCUT2D eigenvalue weighted by atomic mass is 10.1. The molecule has 86 valence electrons. The molecule has 5 nitrogen and oxygen atoms in total. The van der Waals surface area contributed by atoms with Gasteiger partial charge in [0, 0.05) is 6.04 Å². The van der Waals surface area contributed by atoms with Gasteiger partial charge in [-0.15, -0.1) is 0 Å². The Hall–Kier alpha value is -1.10. The van der Waals surface area contributed by atoms with Crippen molar-refractivity contribution in [3.63, 3.8) is 0 Å². The zero-order valence-corrected chi connectivity index (χ0v) is 9.62. The molecule has 1 heterocycles. The Morgan fingerprint density at radius 2 is 2.13 bits per heavy atom. The van der Waals surface area contributed by atoms with E-state index in [-0.39, 0.29) is 30.9 Å². The molecule has 0 spiro atoms. The van der Waals surface area contributed by atoms with Crippen molar-refractivity contribution in [3.8, 4) is 0 Å². The normalized spacial score (nSPS) is 19.3. The fourth-order valence-electron chi connectivity index (χ4n) is 1.58. The van der Waals surface area contributed by atoms with E-state index in [0.717, 1.165) is 13.0 Å². The average Bonchev–Trinajstić information content (AvgIpc) is 2.18. The summed E-state index contributed by atoms with van der Waals surface area (Å²) >= 11 is 0. The Labute approximate surface area is 90.4 Å². The lowest BCUT2D eigenvalue weighted by Gasteiger charge is -2.32. The summed E-state index contributed by atoms with van der Waals surface area (Å²) in [5, 5.41) is 2.54. The molecule has 1 fully saturated rings. The minimum absolute atomic E-state index is 0.0147. The molecule has 1 aliphatic heterocycles. The fraction of sp³-hybridized carbons (Fsp3) is 0.800. The van der Waals surface area contributed by atoms with Crippen molar-refractivity contribution >= 4 is 11.8 Å². The quantitative estimate of drug-likeness (QED) is 0.671. The molecule has 1 atom stereocenters. The van der Waals surface area contributed by atoms with Crippen molar-refractivity contribution in [2.75, 3.05) is 33.7 Å². The Balaban J connectivity index is 2.45. The lowest BCUT2D eigenvalue weighted by molar-refractivity contribution is -0.142. The Kier molecular flexibility index (Phi) is 4.08. The number of nitrogens with one attached hydrogen (secondary N) is 1. The average molecular weight is 213 g/mol. The highest BCUT2D eigenvalue weighted by Gasteiger charge is 2.26. The Morgan fingerprint density at radius 3 is 2.73 bits per heavy atom. The molecule has 1 N–H and O–H groups in total. The van der Waals surface area contributed by atoms with Crippen LogP contribution in [0.1, 0.15) is 13.3 Å². The van der Waals surface area contributed by atoms with Gasteiger partial charge < -0.3 is 15.1 Å². The monoisotopic (exact) mass is 213 g/mol. The van der Waals surface area contributed by atoms with E-state index >= 15 is 0 Å². The number of carbonyl (C=O) groups is 2. The van der Waals surface area contributed by atoms with E-state index in [2.05, 4.69) is 10.2 Å². The van der Waals surface area contributed by atoms with Crippen LogP contribution in [-0.4, -0.2) is 61.4 Å². The van der Waals surface area contributed by atoms with Gasteiger partial charge in [0.2, 0.25) is 11.8 Å². The number of hydrogen-bond acceptors (Lipinski definition) is 3. The SMILES string of the molecule is CC(CCN(C)C)N1CC(=O)NCC1=O. The number of piperazine rings is 1. The second-order valence-corrected chi connectivity index (χ2v) is 4.24. The van der Waals surface area contributed by atoms with Gasteiger partial charge in [-0.3, -0.25) is 9.59 Å². The standard InChI is InChI=1S/C10H19N3O2/c1-8(4-5-12(2)3)13-7-9(14)11-6-10(13)15/h8H,4-7H2,1-3H3,(H,11,14). The third-order valence-electron chi connectivity index (χ3n) is 2.60. The van der Waals surface area contributed by atoms with Crippen molar-refractivity contribution in [2.24, 2.45) is 0 Å². The van der Waals surface area contributed by atoms with Crippen molar-refractivity contribution < 1.29 is 9.59 Å². The van der Waals surface area contributed by atoms with E-state index < -0.39 is 0 Å². The second kappa shape index (κ2) is 5.11. The van der Waals surface area contributed by atoms with Crippen LogP contribution < -0.4 is 5.32 Å². The van der Waals surface area contributed by atoms with Crippen LogP contribution in [0.3, 0.4) is 0 Å². The van der Waals surface area contributed by atoms with Crippen molar-refractivity contribution in [1.82, 2.24) is 15.1 Å². The fourth-order valence-corrected chi connectivity index (χ4v) is 1.58. The molecule has 2 amide bonds. The van der Waals surface area contributed by atoms with Gasteiger partial charge in [0.25, 0.3) is 0 Å². The first-order valence-electron chi connectivity index (χ1n) is 5.21. The van der Waals surface area contributed by atoms with Gasteiger partial charge in [-0.1, -0.05) is 0 Å². The van der Waals surface area contributed by atoms with E-state index in [1.54, 1.807) is 4.90 Å². The molecule has 0 aromatic rings. The summed E-state index contributed by atoms with van der Waals surface area (Å²) in [5.74, 6) is -0.0489. The van der Waals surface area contributed by atoms with Crippen LogP contribution in [-0.2, 0) is 9.59 Å². The van der Waals surface area contributed by atoms with Gasteiger partial charge in [-0.2, -0.15) is 0 Å². The second-order valence-electron chi connectivity index (χ2n) is 4.24. The molecule has 1 rings (SSSR count). The Bertz CT molecular complexity index is 253. The van der Waals surface area contributed by atoms with Crippen LogP contribution in [0.5, 0.6) is 0 Å². The smallest absolute Gasteiger partial charge is 0.242 e. The summed E-state index contributed by atoms with van der Waals surface area (Å²) in [6.07, 6.45) is 0.895. The predicted molar refractivity (Wildman–Crippen MR) is 57.4 cm³/mol. The minimum Gasteiger partial charge on any atom is -0.345 e. The molecule has 5 heteroatoms. The van der Waals surface area contributed by atoms with Crippen LogP contribution in [0.4, 0.5) is 0 Å². The first kappa shape index (κ1) is 12.0. The van der Waals surface area contributed by atoms with Gasteiger partial charge in [0.05, 0.1) is 13.1 Å². The zero-order valence-electron chi connectivity index (χ0n) is 9.62. The molecular weight excluding hydrogens is 194 g/mol. The number of nitrogens with zero attached hydrogens (tertiary/aromatic N) is 2. The van der Waals surface area contributed by atoms with Gasteiger partial charge in [0.15, 0.2) is 0 Å². The van der Waals surface area contributed by atoms with Crippen molar-refractivity contribution in [1.29, 1.82) is 0 Å². The maximum Gasteiger partial charge on any atom is 0.242 e.